The van der Waals surface area contributed by atoms with E-state index in [0.29, 0.717) is 0 Å². The molecule has 0 aliphatic heterocycles. The lowest BCUT2D eigenvalue weighted by molar-refractivity contribution is 0.652. The number of furan rings is 1. The van der Waals surface area contributed by atoms with E-state index in [0.717, 1.165) is 44.6 Å². The minimum absolute atomic E-state index is 0.175. The Hall–Kier alpha value is -8.20. The van der Waals surface area contributed by atoms with E-state index in [4.69, 9.17) is 4.42 Å². The van der Waals surface area contributed by atoms with E-state index in [9.17, 15) is 0 Å². The van der Waals surface area contributed by atoms with Crippen molar-refractivity contribution >= 4 is 39.0 Å². The first-order valence-electron chi connectivity index (χ1n) is 23.8. The highest BCUT2D eigenvalue weighted by Crippen LogP contribution is 2.58. The Balaban J connectivity index is 0.879. The Morgan fingerprint density at radius 2 is 0.838 bits per heavy atom. The standard InChI is InChI=1S/C66H49NO/c1-65(2)57-26-16-23-52(54-25-15-24-53-51-22-12-14-28-62(51)68-64(53)54)63(57)56-41-59-55(40-60(56)65)50-38-33-46(39-58(50)66(59,3)4)44-31-36-48(37-32-44)67(47-34-29-43(30-35-47)42-17-7-5-8-18-42)61-27-13-11-21-49(61)45-19-9-6-10-20-45/h5-41H,1-4H3. The lowest BCUT2D eigenvalue weighted by Crippen LogP contribution is -2.17. The van der Waals surface area contributed by atoms with Gasteiger partial charge in [-0.3, -0.25) is 0 Å². The first kappa shape index (κ1) is 40.1. The van der Waals surface area contributed by atoms with E-state index in [1.807, 2.05) is 0 Å². The van der Waals surface area contributed by atoms with E-state index >= 15 is 0 Å². The summed E-state index contributed by atoms with van der Waals surface area (Å²) in [6.07, 6.45) is 0. The van der Waals surface area contributed by atoms with E-state index in [1.54, 1.807) is 0 Å². The second-order valence-corrected chi connectivity index (χ2v) is 19.6. The highest BCUT2D eigenvalue weighted by molar-refractivity contribution is 6.11. The number of benzene rings is 10. The first-order valence-corrected chi connectivity index (χ1v) is 23.8. The molecule has 1 aromatic heterocycles. The molecule has 0 atom stereocenters. The van der Waals surface area contributed by atoms with Crippen molar-refractivity contribution in [3.8, 4) is 66.8 Å². The highest BCUT2D eigenvalue weighted by atomic mass is 16.3. The molecule has 2 heteroatoms. The summed E-state index contributed by atoms with van der Waals surface area (Å²) in [6.45, 7) is 9.60. The fourth-order valence-electron chi connectivity index (χ4n) is 11.6. The van der Waals surface area contributed by atoms with Crippen LogP contribution in [0.4, 0.5) is 17.1 Å². The molecule has 0 N–H and O–H groups in total. The number of hydrogen-bond donors (Lipinski definition) is 0. The molecule has 0 saturated carbocycles. The van der Waals surface area contributed by atoms with Crippen molar-refractivity contribution in [2.75, 3.05) is 4.90 Å². The smallest absolute Gasteiger partial charge is 0.143 e. The van der Waals surface area contributed by atoms with Crippen LogP contribution in [0.3, 0.4) is 0 Å². The fraction of sp³-hybridized carbons (Fsp3) is 0.0909. The Morgan fingerprint density at radius 3 is 1.59 bits per heavy atom. The van der Waals surface area contributed by atoms with Crippen LogP contribution in [0.2, 0.25) is 0 Å². The predicted molar refractivity (Wildman–Crippen MR) is 285 cm³/mol. The van der Waals surface area contributed by atoms with Crippen molar-refractivity contribution in [2.24, 2.45) is 0 Å². The predicted octanol–water partition coefficient (Wildman–Crippen LogP) is 18.3. The molecule has 0 radical (unpaired) electrons. The Morgan fingerprint density at radius 1 is 0.324 bits per heavy atom. The van der Waals surface area contributed by atoms with E-state index in [2.05, 4.69) is 257 Å². The number of fused-ring (bicyclic) bond motifs is 9. The van der Waals surface area contributed by atoms with E-state index < -0.39 is 0 Å². The number of nitrogens with zero attached hydrogens (tertiary/aromatic N) is 1. The van der Waals surface area contributed by atoms with Crippen LogP contribution in [0.5, 0.6) is 0 Å². The number of anilines is 3. The summed E-state index contributed by atoms with van der Waals surface area (Å²) >= 11 is 0. The Kier molecular flexibility index (Phi) is 8.95. The van der Waals surface area contributed by atoms with Gasteiger partial charge >= 0.3 is 0 Å². The molecule has 0 amide bonds. The highest BCUT2D eigenvalue weighted by Gasteiger charge is 2.42. The zero-order chi connectivity index (χ0) is 45.7. The Labute approximate surface area is 398 Å². The molecule has 10 aromatic carbocycles. The average Bonchev–Trinajstić information content (AvgIpc) is 3.96. The number of para-hydroxylation sites is 3. The summed E-state index contributed by atoms with van der Waals surface area (Å²) in [6, 6.07) is 82.2. The maximum atomic E-state index is 6.63. The summed E-state index contributed by atoms with van der Waals surface area (Å²) in [7, 11) is 0. The van der Waals surface area contributed by atoms with Crippen LogP contribution >= 0.6 is 0 Å². The molecule has 2 nitrogen and oxygen atoms in total. The molecule has 324 valence electrons. The fourth-order valence-corrected chi connectivity index (χ4v) is 11.6. The molecular weight excluding hydrogens is 823 g/mol. The lowest BCUT2D eigenvalue weighted by atomic mass is 9.79. The quantitative estimate of drug-likeness (QED) is 0.159. The molecule has 0 saturated heterocycles. The second-order valence-electron chi connectivity index (χ2n) is 19.6. The maximum absolute atomic E-state index is 6.63. The molecule has 2 aliphatic carbocycles. The molecule has 0 spiro atoms. The van der Waals surface area contributed by atoms with Gasteiger partial charge in [0, 0.05) is 44.1 Å². The van der Waals surface area contributed by atoms with Gasteiger partial charge in [-0.15, -0.1) is 0 Å². The van der Waals surface area contributed by atoms with Crippen molar-refractivity contribution in [3.63, 3.8) is 0 Å². The summed E-state index contributed by atoms with van der Waals surface area (Å²) in [5.41, 5.74) is 25.2. The van der Waals surface area contributed by atoms with E-state index in [-0.39, 0.29) is 10.8 Å². The molecule has 0 unspecified atom stereocenters. The molecule has 2 aliphatic rings. The maximum Gasteiger partial charge on any atom is 0.143 e. The second kappa shape index (κ2) is 15.2. The molecule has 1 heterocycles. The van der Waals surface area contributed by atoms with Crippen LogP contribution in [-0.2, 0) is 10.8 Å². The van der Waals surface area contributed by atoms with Crippen molar-refractivity contribution < 1.29 is 4.42 Å². The molecule has 13 rings (SSSR count). The summed E-state index contributed by atoms with van der Waals surface area (Å²) in [5, 5.41) is 2.31. The van der Waals surface area contributed by atoms with Crippen molar-refractivity contribution in [2.45, 2.75) is 38.5 Å². The van der Waals surface area contributed by atoms with Crippen molar-refractivity contribution in [1.29, 1.82) is 0 Å². The van der Waals surface area contributed by atoms with Gasteiger partial charge in [-0.2, -0.15) is 0 Å². The van der Waals surface area contributed by atoms with Crippen molar-refractivity contribution in [3.05, 3.63) is 247 Å². The van der Waals surface area contributed by atoms with Crippen LogP contribution in [0, 0.1) is 0 Å². The van der Waals surface area contributed by atoms with Gasteiger partial charge in [0.15, 0.2) is 0 Å². The van der Waals surface area contributed by atoms with Gasteiger partial charge in [0.1, 0.15) is 11.2 Å². The summed E-state index contributed by atoms with van der Waals surface area (Å²) in [4.78, 5) is 2.39. The van der Waals surface area contributed by atoms with Crippen LogP contribution in [0.15, 0.2) is 229 Å². The summed E-state index contributed by atoms with van der Waals surface area (Å²) in [5.74, 6) is 0. The largest absolute Gasteiger partial charge is 0.455 e. The molecule has 11 aromatic rings. The van der Waals surface area contributed by atoms with Crippen LogP contribution in [0.1, 0.15) is 49.9 Å². The topological polar surface area (TPSA) is 16.4 Å². The van der Waals surface area contributed by atoms with Gasteiger partial charge in [-0.25, -0.2) is 0 Å². The number of rotatable bonds is 7. The Bertz CT molecular complexity index is 3760. The third-order valence-corrected chi connectivity index (χ3v) is 15.1. The normalized spacial score (nSPS) is 13.8. The van der Waals surface area contributed by atoms with Crippen LogP contribution in [-0.4, -0.2) is 0 Å². The van der Waals surface area contributed by atoms with Gasteiger partial charge in [-0.05, 0) is 132 Å². The number of hydrogen-bond acceptors (Lipinski definition) is 2. The third-order valence-electron chi connectivity index (χ3n) is 15.1. The first-order chi connectivity index (χ1) is 33.2. The molecule has 68 heavy (non-hydrogen) atoms. The zero-order valence-electron chi connectivity index (χ0n) is 38.7. The molecular formula is C66H49NO. The minimum atomic E-state index is -0.208. The minimum Gasteiger partial charge on any atom is -0.455 e. The molecule has 0 fully saturated rings. The average molecular weight is 872 g/mol. The monoisotopic (exact) mass is 871 g/mol. The lowest BCUT2D eigenvalue weighted by Gasteiger charge is -2.28. The molecule has 0 bridgehead atoms. The van der Waals surface area contributed by atoms with E-state index in [1.165, 1.54) is 83.5 Å². The third kappa shape index (κ3) is 6.10. The summed E-state index contributed by atoms with van der Waals surface area (Å²) < 4.78 is 6.63. The van der Waals surface area contributed by atoms with Gasteiger partial charge in [0.05, 0.1) is 5.69 Å². The van der Waals surface area contributed by atoms with Gasteiger partial charge in [0.25, 0.3) is 0 Å². The van der Waals surface area contributed by atoms with Crippen LogP contribution < -0.4 is 4.90 Å². The van der Waals surface area contributed by atoms with Crippen LogP contribution in [0.25, 0.3) is 88.7 Å². The van der Waals surface area contributed by atoms with Gasteiger partial charge in [0.2, 0.25) is 0 Å². The van der Waals surface area contributed by atoms with Gasteiger partial charge < -0.3 is 9.32 Å². The SMILES string of the molecule is CC1(C)c2cc(-c3ccc(N(c4ccc(-c5ccccc5)cc4)c4ccccc4-c4ccccc4)cc3)ccc2-c2cc3c(cc21)-c1c(-c2cccc4c2oc2ccccc24)cccc1C3(C)C. The zero-order valence-corrected chi connectivity index (χ0v) is 38.7. The van der Waals surface area contributed by atoms with Crippen molar-refractivity contribution in [1.82, 2.24) is 0 Å². The van der Waals surface area contributed by atoms with Gasteiger partial charge in [-0.1, -0.05) is 198 Å².